The third-order valence-corrected chi connectivity index (χ3v) is 13.5. The highest BCUT2D eigenvalue weighted by molar-refractivity contribution is 5.87. The number of amides is 2. The van der Waals surface area contributed by atoms with Crippen LogP contribution in [0.1, 0.15) is 94.0 Å². The van der Waals surface area contributed by atoms with Crippen molar-refractivity contribution in [1.82, 2.24) is 50.5 Å². The van der Waals surface area contributed by atoms with E-state index < -0.39 is 78.8 Å². The Morgan fingerprint density at radius 3 is 1.61 bits per heavy atom. The number of carbonyl (C=O) groups is 9. The van der Waals surface area contributed by atoms with Gasteiger partial charge in [-0.25, -0.2) is 14.4 Å². The van der Waals surface area contributed by atoms with E-state index in [1.165, 1.54) is 0 Å². The molecule has 2 fully saturated rings. The fourth-order valence-electron chi connectivity index (χ4n) is 9.28. The van der Waals surface area contributed by atoms with Gasteiger partial charge >= 0.3 is 47.8 Å². The summed E-state index contributed by atoms with van der Waals surface area (Å²) < 4.78 is 0. The Balaban J connectivity index is 1.30. The maximum atomic E-state index is 12.5. The Morgan fingerprint density at radius 2 is 1.05 bits per heavy atom. The fraction of sp³-hybridized carbons (Fsp3) is 0.647. The van der Waals surface area contributed by atoms with Crippen molar-refractivity contribution in [3.8, 4) is 0 Å². The van der Waals surface area contributed by atoms with Gasteiger partial charge in [0.15, 0.2) is 0 Å². The highest BCUT2D eigenvalue weighted by atomic mass is 16.4. The molecule has 0 aliphatic carbocycles. The van der Waals surface area contributed by atoms with Crippen LogP contribution in [-0.2, 0) is 51.2 Å². The van der Waals surface area contributed by atoms with E-state index in [1.807, 2.05) is 24.3 Å². The molecular formula is C51H78N12O16. The van der Waals surface area contributed by atoms with E-state index in [-0.39, 0.29) is 97.0 Å². The van der Waals surface area contributed by atoms with Gasteiger partial charge in [0, 0.05) is 110 Å². The molecule has 28 heteroatoms. The first-order valence-electron chi connectivity index (χ1n) is 26.8. The number of hydrogen-bond donors (Lipinski definition) is 11. The monoisotopic (exact) mass is 1110 g/mol. The van der Waals surface area contributed by atoms with Gasteiger partial charge in [0.1, 0.15) is 23.7 Å². The summed E-state index contributed by atoms with van der Waals surface area (Å²) in [7, 11) is 0. The number of aromatic nitrogens is 3. The van der Waals surface area contributed by atoms with E-state index in [2.05, 4.69) is 26.2 Å². The van der Waals surface area contributed by atoms with Gasteiger partial charge in [-0.15, -0.1) is 0 Å². The lowest BCUT2D eigenvalue weighted by atomic mass is 10.0. The van der Waals surface area contributed by atoms with Crippen molar-refractivity contribution < 1.29 is 78.9 Å². The number of hydrogen-bond acceptors (Lipinski definition) is 19. The smallest absolute Gasteiger partial charge is 0.326 e. The Morgan fingerprint density at radius 1 is 0.544 bits per heavy atom. The number of carboxylic acid groups (broad SMARTS) is 7. The largest absolute Gasteiger partial charge is 0.481 e. The lowest BCUT2D eigenvalue weighted by molar-refractivity contribution is -0.142. The van der Waals surface area contributed by atoms with Crippen molar-refractivity contribution in [2.75, 3.05) is 115 Å². The predicted octanol–water partition coefficient (Wildman–Crippen LogP) is 0.295. The second-order valence-electron chi connectivity index (χ2n) is 19.9. The summed E-state index contributed by atoms with van der Waals surface area (Å²) >= 11 is 0. The number of anilines is 2. The topological polar surface area (TPSA) is 398 Å². The molecule has 79 heavy (non-hydrogen) atoms. The van der Waals surface area contributed by atoms with Crippen molar-refractivity contribution in [2.24, 2.45) is 0 Å². The first-order valence-corrected chi connectivity index (χ1v) is 26.8. The molecule has 2 aliphatic heterocycles. The maximum absolute atomic E-state index is 12.5. The van der Waals surface area contributed by atoms with Crippen molar-refractivity contribution in [3.63, 3.8) is 0 Å². The van der Waals surface area contributed by atoms with Gasteiger partial charge in [0.05, 0.1) is 26.2 Å². The van der Waals surface area contributed by atoms with Gasteiger partial charge in [0.2, 0.25) is 11.9 Å². The minimum absolute atomic E-state index is 0.0989. The number of benzene rings is 1. The standard InChI is InChI=1S/C51H78N12O16/c64-38(13-14-39(47(75)76)54-51(79)55-40(48(77)78)15-16-42(65)66)8-6-4-2-1-3-5-7-17-53-49-56-41(57-50(58-49)62-20-18-52-19-21-62)29-36-11-9-35(10-12-36)28-37-30-61(33-45(71)72)25-24-59(31-43(67)68)22-23-60(32-44(69)70)26-27-63(37)34-46(73)74/h9-12,37,39-40,52H,1-8,13-34H2,(H,65,66)(H,67,68)(H,69,70)(H,71,72)(H,73,74)(H,75,76)(H,77,78)(H2,54,55,79)(H,53,56,57,58)/t37?,39-,40-/m0/s1. The molecule has 0 radical (unpaired) electrons. The quantitative estimate of drug-likeness (QED) is 0.0420. The average Bonchev–Trinajstić information content (AvgIpc) is 3.38. The van der Waals surface area contributed by atoms with E-state index in [0.29, 0.717) is 56.6 Å². The van der Waals surface area contributed by atoms with E-state index in [9.17, 15) is 73.8 Å². The minimum Gasteiger partial charge on any atom is -0.481 e. The van der Waals surface area contributed by atoms with Gasteiger partial charge in [-0.2, -0.15) is 15.0 Å². The van der Waals surface area contributed by atoms with Crippen LogP contribution < -0.4 is 26.2 Å². The molecule has 0 saturated carbocycles. The zero-order chi connectivity index (χ0) is 57.7. The number of piperazine rings is 1. The summed E-state index contributed by atoms with van der Waals surface area (Å²) in [6, 6.07) is 3.16. The molecule has 3 atom stereocenters. The summed E-state index contributed by atoms with van der Waals surface area (Å²) in [4.78, 5) is 130. The van der Waals surface area contributed by atoms with Crippen LogP contribution >= 0.6 is 0 Å². The van der Waals surface area contributed by atoms with Crippen LogP contribution in [0.2, 0.25) is 0 Å². The summed E-state index contributed by atoms with van der Waals surface area (Å²) in [5, 5.41) is 77.5. The van der Waals surface area contributed by atoms with Crippen LogP contribution in [0.3, 0.4) is 0 Å². The number of rotatable bonds is 34. The van der Waals surface area contributed by atoms with Crippen molar-refractivity contribution in [3.05, 3.63) is 41.2 Å². The number of ketones is 1. The molecule has 2 aromatic rings. The molecular weight excluding hydrogens is 1040 g/mol. The van der Waals surface area contributed by atoms with Crippen LogP contribution in [0.5, 0.6) is 0 Å². The molecule has 438 valence electrons. The van der Waals surface area contributed by atoms with E-state index in [0.717, 1.165) is 62.7 Å². The summed E-state index contributed by atoms with van der Waals surface area (Å²) in [5.74, 6) is -7.05. The molecule has 1 aromatic heterocycles. The van der Waals surface area contributed by atoms with Gasteiger partial charge in [-0.3, -0.25) is 48.4 Å². The first-order chi connectivity index (χ1) is 37.7. The number of unbranched alkanes of at least 4 members (excludes halogenated alkanes) is 6. The van der Waals surface area contributed by atoms with Gasteiger partial charge in [-0.05, 0) is 43.2 Å². The number of carboxylic acids is 7. The first kappa shape index (κ1) is 64.4. The average molecular weight is 1120 g/mol. The molecule has 11 N–H and O–H groups in total. The third-order valence-electron chi connectivity index (χ3n) is 13.5. The number of nitrogens with one attached hydrogen (secondary N) is 4. The van der Waals surface area contributed by atoms with Crippen LogP contribution in [-0.4, -0.2) is 247 Å². The molecule has 1 unspecified atom stereocenters. The number of aliphatic carboxylic acids is 7. The van der Waals surface area contributed by atoms with E-state index in [1.54, 1.807) is 19.6 Å². The molecule has 2 saturated heterocycles. The van der Waals surface area contributed by atoms with E-state index >= 15 is 0 Å². The summed E-state index contributed by atoms with van der Waals surface area (Å²) in [6.45, 7) is 3.55. The zero-order valence-electron chi connectivity index (χ0n) is 44.6. The SMILES string of the molecule is O=C(O)CC[C@H](NC(=O)N[C@@H](CCC(=O)CCCCCCCCCNc1nc(Cc2ccc(CC3CN(CC(=O)O)CCN(CC(=O)O)CCN(CC(=O)O)CCN3CC(=O)O)cc2)nc(N2CCNCC2)n1)C(=O)O)C(=O)O. The summed E-state index contributed by atoms with van der Waals surface area (Å²) in [6.07, 6.45) is 5.79. The second-order valence-corrected chi connectivity index (χ2v) is 19.9. The molecule has 2 amide bonds. The Kier molecular flexibility index (Phi) is 28.3. The highest BCUT2D eigenvalue weighted by Gasteiger charge is 2.29. The molecule has 0 bridgehead atoms. The lowest BCUT2D eigenvalue weighted by Crippen LogP contribution is -2.53. The Bertz CT molecular complexity index is 2330. The fourth-order valence-corrected chi connectivity index (χ4v) is 9.28. The minimum atomic E-state index is -1.53. The maximum Gasteiger partial charge on any atom is 0.326 e. The number of Topliss-reactive ketones (excluding diaryl/α,β-unsaturated/α-hetero) is 1. The van der Waals surface area contributed by atoms with Crippen molar-refractivity contribution >= 4 is 65.5 Å². The summed E-state index contributed by atoms with van der Waals surface area (Å²) in [5.41, 5.74) is 1.76. The van der Waals surface area contributed by atoms with Gasteiger partial charge in [-0.1, -0.05) is 56.4 Å². The Hall–Kier alpha value is -7.14. The predicted molar refractivity (Wildman–Crippen MR) is 284 cm³/mol. The normalized spacial score (nSPS) is 17.1. The Labute approximate surface area is 457 Å². The zero-order valence-corrected chi connectivity index (χ0v) is 44.6. The number of carbonyl (C=O) groups excluding carboxylic acids is 2. The molecule has 1 aromatic carbocycles. The molecule has 2 aliphatic rings. The van der Waals surface area contributed by atoms with Crippen LogP contribution in [0.4, 0.5) is 16.7 Å². The molecule has 0 spiro atoms. The molecule has 28 nitrogen and oxygen atoms in total. The van der Waals surface area contributed by atoms with Crippen LogP contribution in [0.15, 0.2) is 24.3 Å². The number of nitrogens with zero attached hydrogens (tertiary/aromatic N) is 8. The third kappa shape index (κ3) is 26.4. The lowest BCUT2D eigenvalue weighted by Gasteiger charge is -2.37. The molecule has 3 heterocycles. The highest BCUT2D eigenvalue weighted by Crippen LogP contribution is 2.19. The molecule has 4 rings (SSSR count). The number of urea groups is 1. The van der Waals surface area contributed by atoms with Gasteiger partial charge in [0.25, 0.3) is 0 Å². The van der Waals surface area contributed by atoms with Gasteiger partial charge < -0.3 is 61.9 Å². The van der Waals surface area contributed by atoms with E-state index in [4.69, 9.17) is 20.1 Å². The van der Waals surface area contributed by atoms with Crippen molar-refractivity contribution in [1.29, 1.82) is 0 Å². The second kappa shape index (κ2) is 34.7. The van der Waals surface area contributed by atoms with Crippen LogP contribution in [0.25, 0.3) is 0 Å². The van der Waals surface area contributed by atoms with Crippen LogP contribution in [0, 0.1) is 0 Å². The van der Waals surface area contributed by atoms with Crippen molar-refractivity contribution in [2.45, 2.75) is 108 Å².